The molecule has 0 saturated heterocycles. The van der Waals surface area contributed by atoms with E-state index < -0.39 is 0 Å². The summed E-state index contributed by atoms with van der Waals surface area (Å²) in [4.78, 5) is 0. The van der Waals surface area contributed by atoms with E-state index in [4.69, 9.17) is 15.4 Å². The molecule has 0 spiro atoms. The molecular formula is CH4OS8. The van der Waals surface area contributed by atoms with Gasteiger partial charge in [-0.25, -0.2) is 0 Å². The SMILES string of the molecule is COS(=S)SSSSSS. The van der Waals surface area contributed by atoms with Crippen molar-refractivity contribution in [2.24, 2.45) is 0 Å². The van der Waals surface area contributed by atoms with Gasteiger partial charge >= 0.3 is 0 Å². The van der Waals surface area contributed by atoms with Crippen molar-refractivity contribution in [1.82, 2.24) is 0 Å². The van der Waals surface area contributed by atoms with Gasteiger partial charge in [-0.2, -0.15) is 0 Å². The van der Waals surface area contributed by atoms with Crippen molar-refractivity contribution in [3.8, 4) is 0 Å². The van der Waals surface area contributed by atoms with Gasteiger partial charge in [0.05, 0.1) is 15.9 Å². The predicted octanol–water partition coefficient (Wildman–Crippen LogP) is 3.71. The van der Waals surface area contributed by atoms with Crippen LogP contribution in [0.15, 0.2) is 0 Å². The van der Waals surface area contributed by atoms with Crippen LogP contribution in [0.2, 0.25) is 0 Å². The lowest BCUT2D eigenvalue weighted by Crippen LogP contribution is -1.76. The van der Waals surface area contributed by atoms with Gasteiger partial charge in [-0.1, -0.05) is 11.7 Å². The van der Waals surface area contributed by atoms with Crippen LogP contribution in [0, 0.1) is 0 Å². The van der Waals surface area contributed by atoms with Crippen molar-refractivity contribution in [3.05, 3.63) is 0 Å². The van der Waals surface area contributed by atoms with Crippen LogP contribution in [0.3, 0.4) is 0 Å². The topological polar surface area (TPSA) is 9.23 Å². The molecule has 0 N–H and O–H groups in total. The number of rotatable bonds is 6. The van der Waals surface area contributed by atoms with Gasteiger partial charge in [-0.3, -0.25) is 0 Å². The lowest BCUT2D eigenvalue weighted by molar-refractivity contribution is 0.493. The normalized spacial score (nSPS) is 13.4. The Morgan fingerprint density at radius 1 is 1.40 bits per heavy atom. The van der Waals surface area contributed by atoms with Gasteiger partial charge in [-0.15, -0.1) is 0 Å². The standard InChI is InChI=1S/CH4OS8/c1-2-10(4)9-8-7-6-5-3/h3H,1H3. The zero-order chi connectivity index (χ0) is 7.82. The number of hydrogen-bond acceptors (Lipinski definition) is 8. The Morgan fingerprint density at radius 3 is 2.60 bits per heavy atom. The lowest BCUT2D eigenvalue weighted by atomic mass is 11.8. The molecule has 62 valence electrons. The summed E-state index contributed by atoms with van der Waals surface area (Å²) >= 11 is 8.84. The molecule has 0 aromatic heterocycles. The van der Waals surface area contributed by atoms with E-state index >= 15 is 0 Å². The van der Waals surface area contributed by atoms with E-state index in [0.717, 1.165) is 0 Å². The Morgan fingerprint density at radius 2 is 2.10 bits per heavy atom. The smallest absolute Gasteiger partial charge is 0.0799 e. The Bertz CT molecular complexity index is 91.3. The summed E-state index contributed by atoms with van der Waals surface area (Å²) in [6.45, 7) is 0. The van der Waals surface area contributed by atoms with Crippen LogP contribution < -0.4 is 0 Å². The summed E-state index contributed by atoms with van der Waals surface area (Å²) in [5, 5.41) is 0. The summed E-state index contributed by atoms with van der Waals surface area (Å²) < 4.78 is 4.87. The average Bonchev–Trinajstić information content (AvgIpc) is 1.98. The van der Waals surface area contributed by atoms with E-state index in [9.17, 15) is 0 Å². The Kier molecular flexibility index (Phi) is 12.3. The highest BCUT2D eigenvalue weighted by Gasteiger charge is 1.94. The number of thiol groups is 1. The van der Waals surface area contributed by atoms with Crippen LogP contribution in [0.5, 0.6) is 0 Å². The van der Waals surface area contributed by atoms with E-state index in [1.54, 1.807) is 46.4 Å². The van der Waals surface area contributed by atoms with Gasteiger partial charge in [0.15, 0.2) is 0 Å². The molecule has 1 nitrogen and oxygen atoms in total. The minimum atomic E-state index is -0.386. The first-order chi connectivity index (χ1) is 4.81. The van der Waals surface area contributed by atoms with Crippen LogP contribution in [-0.4, -0.2) is 7.11 Å². The van der Waals surface area contributed by atoms with E-state index in [1.165, 1.54) is 9.83 Å². The van der Waals surface area contributed by atoms with Crippen molar-refractivity contribution < 1.29 is 4.18 Å². The lowest BCUT2D eigenvalue weighted by Gasteiger charge is -1.96. The second kappa shape index (κ2) is 9.72. The maximum atomic E-state index is 4.89. The quantitative estimate of drug-likeness (QED) is 0.447. The molecule has 0 heterocycles. The molecule has 10 heavy (non-hydrogen) atoms. The maximum absolute atomic E-state index is 4.89. The molecule has 0 aliphatic carbocycles. The fourth-order valence-electron chi connectivity index (χ4n) is 0.0856. The van der Waals surface area contributed by atoms with Gasteiger partial charge < -0.3 is 4.18 Å². The molecule has 0 aromatic carbocycles. The van der Waals surface area contributed by atoms with Gasteiger partial charge in [0.25, 0.3) is 0 Å². The van der Waals surface area contributed by atoms with Crippen LogP contribution in [0.4, 0.5) is 0 Å². The third-order valence-corrected chi connectivity index (χ3v) is 13.4. The van der Waals surface area contributed by atoms with Gasteiger partial charge in [0.1, 0.15) is 0 Å². The largest absolute Gasteiger partial charge is 0.306 e. The predicted molar refractivity (Wildman–Crippen MR) is 68.7 cm³/mol. The summed E-state index contributed by atoms with van der Waals surface area (Å²) in [6.07, 6.45) is 0. The molecule has 0 aromatic rings. The van der Waals surface area contributed by atoms with Crippen molar-refractivity contribution in [2.75, 3.05) is 7.11 Å². The molecule has 0 bridgehead atoms. The molecular weight excluding hydrogens is 285 g/mol. The highest BCUT2D eigenvalue weighted by atomic mass is 33.9. The van der Waals surface area contributed by atoms with E-state index in [2.05, 4.69) is 11.7 Å². The van der Waals surface area contributed by atoms with E-state index in [0.29, 0.717) is 0 Å². The zero-order valence-electron chi connectivity index (χ0n) is 4.71. The molecule has 0 aliphatic rings. The number of hydrogen-bond donors (Lipinski definition) is 1. The monoisotopic (exact) mass is 288 g/mol. The molecule has 9 heteroatoms. The summed E-state index contributed by atoms with van der Waals surface area (Å²) in [5.74, 6) is 0. The summed E-state index contributed by atoms with van der Waals surface area (Å²) in [5.41, 5.74) is 0. The van der Waals surface area contributed by atoms with Gasteiger partial charge in [0, 0.05) is 29.5 Å². The van der Waals surface area contributed by atoms with Crippen molar-refractivity contribution >= 4 is 80.7 Å². The minimum Gasteiger partial charge on any atom is -0.306 e. The van der Waals surface area contributed by atoms with Crippen molar-refractivity contribution in [3.63, 3.8) is 0 Å². The van der Waals surface area contributed by atoms with Crippen LogP contribution in [-0.2, 0) is 24.1 Å². The first kappa shape index (κ1) is 12.6. The fraction of sp³-hybridized carbons (Fsp3) is 1.00. The fourth-order valence-corrected chi connectivity index (χ4v) is 13.0. The highest BCUT2D eigenvalue weighted by Crippen LogP contribution is 2.50. The first-order valence-corrected chi connectivity index (χ1v) is 11.6. The summed E-state index contributed by atoms with van der Waals surface area (Å²) in [6, 6.07) is 0. The first-order valence-electron chi connectivity index (χ1n) is 1.76. The molecule has 0 amide bonds. The highest BCUT2D eigenvalue weighted by molar-refractivity contribution is 9.45. The minimum absolute atomic E-state index is 0.386. The van der Waals surface area contributed by atoms with Crippen LogP contribution in [0.1, 0.15) is 0 Å². The second-order valence-electron chi connectivity index (χ2n) is 0.717. The molecule has 0 radical (unpaired) electrons. The van der Waals surface area contributed by atoms with Crippen LogP contribution >= 0.6 is 60.8 Å². The van der Waals surface area contributed by atoms with Crippen LogP contribution in [0.25, 0.3) is 0 Å². The Labute approximate surface area is 90.9 Å². The van der Waals surface area contributed by atoms with Gasteiger partial charge in [0.2, 0.25) is 0 Å². The van der Waals surface area contributed by atoms with E-state index in [-0.39, 0.29) is 8.77 Å². The molecule has 0 saturated carbocycles. The average molecular weight is 289 g/mol. The second-order valence-corrected chi connectivity index (χ2v) is 12.9. The summed E-state index contributed by atoms with van der Waals surface area (Å²) in [7, 11) is 9.07. The zero-order valence-corrected chi connectivity index (χ0v) is 11.3. The maximum Gasteiger partial charge on any atom is 0.0799 e. The third-order valence-electron chi connectivity index (χ3n) is 0.305. The Balaban J connectivity index is 2.96. The van der Waals surface area contributed by atoms with Gasteiger partial charge in [-0.05, 0) is 30.8 Å². The van der Waals surface area contributed by atoms with E-state index in [1.807, 2.05) is 0 Å². The van der Waals surface area contributed by atoms with Crippen molar-refractivity contribution in [1.29, 1.82) is 0 Å². The Hall–Kier alpha value is 2.63. The third kappa shape index (κ3) is 8.72. The molecule has 1 atom stereocenters. The molecule has 1 unspecified atom stereocenters. The molecule has 0 rings (SSSR count). The molecule has 0 fully saturated rings. The van der Waals surface area contributed by atoms with Crippen molar-refractivity contribution in [2.45, 2.75) is 0 Å². The molecule has 0 aliphatic heterocycles.